The maximum absolute atomic E-state index is 12.5. The Kier molecular flexibility index (Phi) is 5.61. The van der Waals surface area contributed by atoms with Crippen LogP contribution in [0.15, 0.2) is 42.5 Å². The Hall–Kier alpha value is -2.89. The van der Waals surface area contributed by atoms with Gasteiger partial charge in [-0.1, -0.05) is 18.2 Å². The number of methoxy groups -OCH3 is 1. The molecule has 1 N–H and O–H groups in total. The van der Waals surface area contributed by atoms with Gasteiger partial charge in [0.1, 0.15) is 18.1 Å². The molecule has 1 heterocycles. The first-order valence-electron chi connectivity index (χ1n) is 8.21. The van der Waals surface area contributed by atoms with E-state index in [0.29, 0.717) is 49.2 Å². The Morgan fingerprint density at radius 3 is 2.56 bits per heavy atom. The second kappa shape index (κ2) is 8.28. The van der Waals surface area contributed by atoms with Crippen molar-refractivity contribution in [3.8, 4) is 23.0 Å². The number of ether oxygens (including phenoxy) is 4. The van der Waals surface area contributed by atoms with Crippen molar-refractivity contribution >= 4 is 5.91 Å². The summed E-state index contributed by atoms with van der Waals surface area (Å²) >= 11 is 0. The smallest absolute Gasteiger partial charge is 0.255 e. The molecule has 3 rings (SSSR count). The van der Waals surface area contributed by atoms with E-state index in [4.69, 9.17) is 18.9 Å². The summed E-state index contributed by atoms with van der Waals surface area (Å²) in [5.74, 6) is 2.13. The SMILES string of the molecule is COc1cc2c(cc1C(=O)NCCOc1ccccc1)OCCCO2. The first kappa shape index (κ1) is 17.0. The summed E-state index contributed by atoms with van der Waals surface area (Å²) in [5.41, 5.74) is 0.409. The van der Waals surface area contributed by atoms with Crippen molar-refractivity contribution in [2.45, 2.75) is 6.42 Å². The first-order chi connectivity index (χ1) is 12.3. The molecule has 6 nitrogen and oxygen atoms in total. The molecule has 0 atom stereocenters. The first-order valence-corrected chi connectivity index (χ1v) is 8.21. The Balaban J connectivity index is 1.62. The van der Waals surface area contributed by atoms with Crippen molar-refractivity contribution in [1.29, 1.82) is 0 Å². The number of fused-ring (bicyclic) bond motifs is 1. The molecule has 1 aliphatic rings. The average molecular weight is 343 g/mol. The summed E-state index contributed by atoms with van der Waals surface area (Å²) < 4.78 is 22.1. The van der Waals surface area contributed by atoms with Gasteiger partial charge in [0.15, 0.2) is 11.5 Å². The lowest BCUT2D eigenvalue weighted by atomic mass is 10.1. The summed E-state index contributed by atoms with van der Waals surface area (Å²) in [6.07, 6.45) is 0.801. The van der Waals surface area contributed by atoms with Gasteiger partial charge in [-0.15, -0.1) is 0 Å². The second-order valence-electron chi connectivity index (χ2n) is 5.47. The van der Waals surface area contributed by atoms with Crippen molar-refractivity contribution in [3.63, 3.8) is 0 Å². The van der Waals surface area contributed by atoms with Gasteiger partial charge < -0.3 is 24.3 Å². The highest BCUT2D eigenvalue weighted by atomic mass is 16.5. The van der Waals surface area contributed by atoms with E-state index in [9.17, 15) is 4.79 Å². The van der Waals surface area contributed by atoms with Crippen LogP contribution in [-0.4, -0.2) is 39.4 Å². The van der Waals surface area contributed by atoms with Crippen LogP contribution in [0.3, 0.4) is 0 Å². The number of carbonyl (C=O) groups excluding carboxylic acids is 1. The Labute approximate surface area is 146 Å². The molecule has 132 valence electrons. The highest BCUT2D eigenvalue weighted by Gasteiger charge is 2.19. The average Bonchev–Trinajstić information content (AvgIpc) is 2.89. The predicted octanol–water partition coefficient (Wildman–Crippen LogP) is 2.67. The fourth-order valence-corrected chi connectivity index (χ4v) is 2.48. The molecule has 2 aromatic rings. The normalized spacial score (nSPS) is 12.8. The van der Waals surface area contributed by atoms with Gasteiger partial charge in [0.05, 0.1) is 32.4 Å². The molecule has 0 unspecified atom stereocenters. The van der Waals surface area contributed by atoms with Crippen LogP contribution in [0, 0.1) is 0 Å². The number of hydrogen-bond donors (Lipinski definition) is 1. The highest BCUT2D eigenvalue weighted by Crippen LogP contribution is 2.36. The van der Waals surface area contributed by atoms with E-state index in [2.05, 4.69) is 5.32 Å². The second-order valence-corrected chi connectivity index (χ2v) is 5.47. The summed E-state index contributed by atoms with van der Waals surface area (Å²) in [4.78, 5) is 12.5. The molecule has 1 amide bonds. The lowest BCUT2D eigenvalue weighted by molar-refractivity contribution is 0.0943. The molecule has 0 saturated heterocycles. The Bertz CT molecular complexity index is 717. The van der Waals surface area contributed by atoms with Crippen LogP contribution in [0.1, 0.15) is 16.8 Å². The summed E-state index contributed by atoms with van der Waals surface area (Å²) in [7, 11) is 1.52. The van der Waals surface area contributed by atoms with Crippen LogP contribution in [0.4, 0.5) is 0 Å². The molecule has 6 heteroatoms. The van der Waals surface area contributed by atoms with Gasteiger partial charge in [-0.25, -0.2) is 0 Å². The number of nitrogens with one attached hydrogen (secondary N) is 1. The van der Waals surface area contributed by atoms with E-state index in [0.717, 1.165) is 12.2 Å². The summed E-state index contributed by atoms with van der Waals surface area (Å²) in [5, 5.41) is 2.83. The van der Waals surface area contributed by atoms with Gasteiger partial charge in [0, 0.05) is 18.6 Å². The third-order valence-electron chi connectivity index (χ3n) is 3.71. The quantitative estimate of drug-likeness (QED) is 0.817. The number of benzene rings is 2. The van der Waals surface area contributed by atoms with Crippen LogP contribution < -0.4 is 24.3 Å². The van der Waals surface area contributed by atoms with Gasteiger partial charge in [0.2, 0.25) is 0 Å². The zero-order valence-electron chi connectivity index (χ0n) is 14.1. The topological polar surface area (TPSA) is 66.0 Å². The fraction of sp³-hybridized carbons (Fsp3) is 0.316. The van der Waals surface area contributed by atoms with Crippen LogP contribution in [0.25, 0.3) is 0 Å². The van der Waals surface area contributed by atoms with Crippen molar-refractivity contribution in [3.05, 3.63) is 48.0 Å². The van der Waals surface area contributed by atoms with Crippen molar-refractivity contribution in [2.75, 3.05) is 33.5 Å². The molecule has 0 spiro atoms. The predicted molar refractivity (Wildman–Crippen MR) is 92.9 cm³/mol. The van der Waals surface area contributed by atoms with E-state index in [-0.39, 0.29) is 5.91 Å². The monoisotopic (exact) mass is 343 g/mol. The molecule has 0 aliphatic carbocycles. The van der Waals surface area contributed by atoms with E-state index in [1.54, 1.807) is 12.1 Å². The number of para-hydroxylation sites is 1. The summed E-state index contributed by atoms with van der Waals surface area (Å²) in [6.45, 7) is 1.90. The van der Waals surface area contributed by atoms with Crippen molar-refractivity contribution in [1.82, 2.24) is 5.32 Å². The number of carbonyl (C=O) groups is 1. The third-order valence-corrected chi connectivity index (χ3v) is 3.71. The molecule has 0 fully saturated rings. The molecule has 0 radical (unpaired) electrons. The lowest BCUT2D eigenvalue weighted by Gasteiger charge is -2.14. The molecular formula is C19H21NO5. The lowest BCUT2D eigenvalue weighted by Crippen LogP contribution is -2.28. The van der Waals surface area contributed by atoms with Crippen LogP contribution in [0.5, 0.6) is 23.0 Å². The minimum Gasteiger partial charge on any atom is -0.496 e. The minimum absolute atomic E-state index is 0.246. The zero-order valence-corrected chi connectivity index (χ0v) is 14.1. The van der Waals surface area contributed by atoms with Crippen molar-refractivity contribution < 1.29 is 23.7 Å². The number of amides is 1. The maximum atomic E-state index is 12.5. The minimum atomic E-state index is -0.246. The fourth-order valence-electron chi connectivity index (χ4n) is 2.48. The number of rotatable bonds is 6. The maximum Gasteiger partial charge on any atom is 0.255 e. The molecular weight excluding hydrogens is 322 g/mol. The molecule has 0 aromatic heterocycles. The van der Waals surface area contributed by atoms with E-state index < -0.39 is 0 Å². The molecule has 1 aliphatic heterocycles. The van der Waals surface area contributed by atoms with Gasteiger partial charge in [-0.3, -0.25) is 4.79 Å². The van der Waals surface area contributed by atoms with E-state index in [1.165, 1.54) is 7.11 Å². The van der Waals surface area contributed by atoms with Gasteiger partial charge in [0.25, 0.3) is 5.91 Å². The largest absolute Gasteiger partial charge is 0.496 e. The Morgan fingerprint density at radius 2 is 1.84 bits per heavy atom. The van der Waals surface area contributed by atoms with Crippen LogP contribution in [-0.2, 0) is 0 Å². The highest BCUT2D eigenvalue weighted by molar-refractivity contribution is 5.97. The standard InChI is InChI=1S/C19H21NO5/c1-22-16-13-18-17(24-9-5-10-25-18)12-15(16)19(21)20-8-11-23-14-6-3-2-4-7-14/h2-4,6-7,12-13H,5,8-11H2,1H3,(H,20,21). The molecule has 0 saturated carbocycles. The van der Waals surface area contributed by atoms with Crippen LogP contribution in [0.2, 0.25) is 0 Å². The number of hydrogen-bond acceptors (Lipinski definition) is 5. The van der Waals surface area contributed by atoms with Gasteiger partial charge >= 0.3 is 0 Å². The molecule has 2 aromatic carbocycles. The Morgan fingerprint density at radius 1 is 1.12 bits per heavy atom. The van der Waals surface area contributed by atoms with E-state index in [1.807, 2.05) is 30.3 Å². The zero-order chi connectivity index (χ0) is 17.5. The molecule has 25 heavy (non-hydrogen) atoms. The van der Waals surface area contributed by atoms with Gasteiger partial charge in [-0.2, -0.15) is 0 Å². The van der Waals surface area contributed by atoms with Crippen LogP contribution >= 0.6 is 0 Å². The van der Waals surface area contributed by atoms with E-state index >= 15 is 0 Å². The summed E-state index contributed by atoms with van der Waals surface area (Å²) in [6, 6.07) is 12.8. The van der Waals surface area contributed by atoms with Gasteiger partial charge in [-0.05, 0) is 12.1 Å². The molecule has 0 bridgehead atoms. The third kappa shape index (κ3) is 4.35. The van der Waals surface area contributed by atoms with Crippen molar-refractivity contribution in [2.24, 2.45) is 0 Å².